The zero-order valence-corrected chi connectivity index (χ0v) is 11.0. The number of methoxy groups -OCH3 is 1. The Morgan fingerprint density at radius 1 is 1.42 bits per heavy atom. The van der Waals surface area contributed by atoms with Gasteiger partial charge in [-0.3, -0.25) is 4.99 Å². The van der Waals surface area contributed by atoms with Crippen molar-refractivity contribution in [3.63, 3.8) is 0 Å². The highest BCUT2D eigenvalue weighted by molar-refractivity contribution is 5.81. The molecule has 1 aliphatic rings. The van der Waals surface area contributed by atoms with Crippen LogP contribution in [0.25, 0.3) is 0 Å². The molecule has 1 aliphatic heterocycles. The number of hydrogen-bond acceptors (Lipinski definition) is 4. The lowest BCUT2D eigenvalue weighted by Gasteiger charge is -2.36. The minimum atomic E-state index is -0.865. The molecule has 0 bridgehead atoms. The SMILES string of the molecule is COCCN1C(N)=NCC1(C)c1ccc(F)c(F)c1. The number of rotatable bonds is 4. The van der Waals surface area contributed by atoms with Crippen LogP contribution in [-0.4, -0.2) is 37.7 Å². The van der Waals surface area contributed by atoms with Crippen LogP contribution in [0.2, 0.25) is 0 Å². The number of hydrogen-bond donors (Lipinski definition) is 1. The van der Waals surface area contributed by atoms with Crippen molar-refractivity contribution in [2.75, 3.05) is 26.8 Å². The van der Waals surface area contributed by atoms with E-state index in [0.29, 0.717) is 31.2 Å². The molecule has 1 atom stereocenters. The molecule has 0 saturated carbocycles. The molecule has 0 spiro atoms. The van der Waals surface area contributed by atoms with Gasteiger partial charge in [0.05, 0.1) is 18.7 Å². The Hall–Kier alpha value is -1.69. The predicted molar refractivity (Wildman–Crippen MR) is 68.8 cm³/mol. The van der Waals surface area contributed by atoms with Crippen molar-refractivity contribution in [1.29, 1.82) is 0 Å². The van der Waals surface area contributed by atoms with E-state index in [0.717, 1.165) is 6.07 Å². The maximum atomic E-state index is 13.4. The van der Waals surface area contributed by atoms with Crippen LogP contribution in [0.1, 0.15) is 12.5 Å². The van der Waals surface area contributed by atoms with Gasteiger partial charge in [-0.1, -0.05) is 6.07 Å². The molecule has 0 aromatic heterocycles. The highest BCUT2D eigenvalue weighted by atomic mass is 19.2. The van der Waals surface area contributed by atoms with Crippen LogP contribution in [-0.2, 0) is 10.3 Å². The van der Waals surface area contributed by atoms with Gasteiger partial charge in [-0.2, -0.15) is 0 Å². The largest absolute Gasteiger partial charge is 0.383 e. The zero-order valence-electron chi connectivity index (χ0n) is 11.0. The first-order valence-corrected chi connectivity index (χ1v) is 6.01. The normalized spacial score (nSPS) is 22.7. The van der Waals surface area contributed by atoms with E-state index < -0.39 is 17.2 Å². The summed E-state index contributed by atoms with van der Waals surface area (Å²) in [5.41, 5.74) is 5.93. The van der Waals surface area contributed by atoms with Gasteiger partial charge in [-0.15, -0.1) is 0 Å². The first-order valence-electron chi connectivity index (χ1n) is 6.01. The quantitative estimate of drug-likeness (QED) is 0.900. The molecule has 2 rings (SSSR count). The fourth-order valence-corrected chi connectivity index (χ4v) is 2.28. The molecule has 1 aromatic carbocycles. The number of benzene rings is 1. The van der Waals surface area contributed by atoms with E-state index in [2.05, 4.69) is 4.99 Å². The van der Waals surface area contributed by atoms with Crippen LogP contribution in [0.15, 0.2) is 23.2 Å². The van der Waals surface area contributed by atoms with E-state index in [1.165, 1.54) is 6.07 Å². The van der Waals surface area contributed by atoms with Gasteiger partial charge < -0.3 is 15.4 Å². The maximum Gasteiger partial charge on any atom is 0.192 e. The van der Waals surface area contributed by atoms with E-state index in [1.54, 1.807) is 13.2 Å². The smallest absolute Gasteiger partial charge is 0.192 e. The van der Waals surface area contributed by atoms with Gasteiger partial charge in [-0.05, 0) is 24.6 Å². The van der Waals surface area contributed by atoms with Crippen molar-refractivity contribution in [2.45, 2.75) is 12.5 Å². The van der Waals surface area contributed by atoms with Crippen molar-refractivity contribution in [3.05, 3.63) is 35.4 Å². The van der Waals surface area contributed by atoms with Crippen LogP contribution in [0, 0.1) is 11.6 Å². The predicted octanol–water partition coefficient (Wildman–Crippen LogP) is 1.46. The van der Waals surface area contributed by atoms with Gasteiger partial charge in [0.15, 0.2) is 17.6 Å². The molecule has 1 aromatic rings. The Labute approximate surface area is 110 Å². The van der Waals surface area contributed by atoms with Gasteiger partial charge in [0.25, 0.3) is 0 Å². The lowest BCUT2D eigenvalue weighted by Crippen LogP contribution is -2.48. The first kappa shape index (κ1) is 13.7. The number of nitrogens with two attached hydrogens (primary N) is 1. The number of ether oxygens (including phenoxy) is 1. The molecule has 4 nitrogen and oxygen atoms in total. The molecule has 19 heavy (non-hydrogen) atoms. The van der Waals surface area contributed by atoms with Gasteiger partial charge in [0, 0.05) is 13.7 Å². The second-order valence-electron chi connectivity index (χ2n) is 4.72. The van der Waals surface area contributed by atoms with Crippen LogP contribution < -0.4 is 5.73 Å². The summed E-state index contributed by atoms with van der Waals surface area (Å²) < 4.78 is 31.5. The van der Waals surface area contributed by atoms with Crippen molar-refractivity contribution in [3.8, 4) is 0 Å². The van der Waals surface area contributed by atoms with E-state index >= 15 is 0 Å². The summed E-state index contributed by atoms with van der Waals surface area (Å²) in [7, 11) is 1.60. The molecule has 6 heteroatoms. The molecule has 0 fully saturated rings. The standard InChI is InChI=1S/C13H17F2N3O/c1-13(9-3-4-10(14)11(15)7-9)8-17-12(16)18(13)5-6-19-2/h3-4,7H,5-6,8H2,1-2H3,(H2,16,17). The van der Waals surface area contributed by atoms with Crippen molar-refractivity contribution >= 4 is 5.96 Å². The Morgan fingerprint density at radius 2 is 2.16 bits per heavy atom. The molecular formula is C13H17F2N3O. The molecular weight excluding hydrogens is 252 g/mol. The van der Waals surface area contributed by atoms with Crippen LogP contribution in [0.3, 0.4) is 0 Å². The van der Waals surface area contributed by atoms with Crippen LogP contribution >= 0.6 is 0 Å². The average molecular weight is 269 g/mol. The maximum absolute atomic E-state index is 13.4. The summed E-state index contributed by atoms with van der Waals surface area (Å²) in [4.78, 5) is 6.05. The third-order valence-corrected chi connectivity index (χ3v) is 3.48. The Bertz CT molecular complexity index is 507. The number of aliphatic imine (C=N–C) groups is 1. The summed E-state index contributed by atoms with van der Waals surface area (Å²) in [5.74, 6) is -1.33. The summed E-state index contributed by atoms with van der Waals surface area (Å²) in [6.07, 6.45) is 0. The Morgan fingerprint density at radius 3 is 2.79 bits per heavy atom. The van der Waals surface area contributed by atoms with Gasteiger partial charge in [0.2, 0.25) is 0 Å². The highest BCUT2D eigenvalue weighted by Gasteiger charge is 2.39. The molecule has 0 radical (unpaired) electrons. The van der Waals surface area contributed by atoms with Crippen molar-refractivity contribution in [2.24, 2.45) is 10.7 Å². The molecule has 0 aliphatic carbocycles. The van der Waals surface area contributed by atoms with Gasteiger partial charge in [0.1, 0.15) is 0 Å². The first-order chi connectivity index (χ1) is 8.99. The molecule has 0 amide bonds. The number of nitrogens with zero attached hydrogens (tertiary/aromatic N) is 2. The Balaban J connectivity index is 2.32. The van der Waals surface area contributed by atoms with E-state index in [-0.39, 0.29) is 0 Å². The second-order valence-corrected chi connectivity index (χ2v) is 4.72. The highest BCUT2D eigenvalue weighted by Crippen LogP contribution is 2.33. The van der Waals surface area contributed by atoms with Crippen molar-refractivity contribution in [1.82, 2.24) is 4.90 Å². The Kier molecular flexibility index (Phi) is 3.71. The lowest BCUT2D eigenvalue weighted by molar-refractivity contribution is 0.137. The van der Waals surface area contributed by atoms with Gasteiger partial charge >= 0.3 is 0 Å². The van der Waals surface area contributed by atoms with E-state index in [1.807, 2.05) is 11.8 Å². The summed E-state index contributed by atoms with van der Waals surface area (Å²) >= 11 is 0. The molecule has 0 saturated heterocycles. The average Bonchev–Trinajstić information content (AvgIpc) is 2.67. The fraction of sp³-hybridized carbons (Fsp3) is 0.462. The van der Waals surface area contributed by atoms with Crippen LogP contribution in [0.5, 0.6) is 0 Å². The fourth-order valence-electron chi connectivity index (χ4n) is 2.28. The molecule has 1 unspecified atom stereocenters. The van der Waals surface area contributed by atoms with Crippen LogP contribution in [0.4, 0.5) is 8.78 Å². The lowest BCUT2D eigenvalue weighted by atomic mass is 9.91. The summed E-state index contributed by atoms with van der Waals surface area (Å²) in [6.45, 7) is 3.34. The third-order valence-electron chi connectivity index (χ3n) is 3.48. The molecule has 104 valence electrons. The zero-order chi connectivity index (χ0) is 14.0. The van der Waals surface area contributed by atoms with Gasteiger partial charge in [-0.25, -0.2) is 8.78 Å². The second kappa shape index (κ2) is 5.13. The number of halogens is 2. The monoisotopic (exact) mass is 269 g/mol. The molecule has 2 N–H and O–H groups in total. The topological polar surface area (TPSA) is 50.9 Å². The third kappa shape index (κ3) is 2.40. The summed E-state index contributed by atoms with van der Waals surface area (Å²) in [5, 5.41) is 0. The number of guanidine groups is 1. The minimum Gasteiger partial charge on any atom is -0.383 e. The van der Waals surface area contributed by atoms with Crippen molar-refractivity contribution < 1.29 is 13.5 Å². The van der Waals surface area contributed by atoms with E-state index in [4.69, 9.17) is 10.5 Å². The molecule has 1 heterocycles. The summed E-state index contributed by atoms with van der Waals surface area (Å²) in [6, 6.07) is 3.88. The van der Waals surface area contributed by atoms with E-state index in [9.17, 15) is 8.78 Å². The minimum absolute atomic E-state index is 0.393.